The number of nitrogens with zero attached hydrogens (tertiary/aromatic N) is 1. The van der Waals surface area contributed by atoms with E-state index in [0.717, 1.165) is 69.4 Å². The molecule has 0 aliphatic heterocycles. The van der Waals surface area contributed by atoms with Gasteiger partial charge in [0.1, 0.15) is 16.4 Å². The molecule has 4 heteroatoms. The molecule has 0 amide bonds. The van der Waals surface area contributed by atoms with E-state index >= 15 is 0 Å². The number of anilines is 3. The Bertz CT molecular complexity index is 2830. The summed E-state index contributed by atoms with van der Waals surface area (Å²) in [5.41, 5.74) is 15.5. The molecule has 3 nitrogen and oxygen atoms in total. The van der Waals surface area contributed by atoms with E-state index in [1.54, 1.807) is 0 Å². The number of furan rings is 1. The van der Waals surface area contributed by atoms with Crippen LogP contribution in [0.1, 0.15) is 149 Å². The molecule has 1 aliphatic carbocycles. The Labute approximate surface area is 382 Å². The first-order valence-electron chi connectivity index (χ1n) is 23.0. The highest BCUT2D eigenvalue weighted by Gasteiger charge is 2.30. The average molecular weight is 859 g/mol. The number of para-hydroxylation sites is 1. The van der Waals surface area contributed by atoms with Crippen molar-refractivity contribution in [2.75, 3.05) is 4.90 Å². The number of hydrogen-bond acceptors (Lipinski definition) is 3. The van der Waals surface area contributed by atoms with Crippen molar-refractivity contribution in [1.82, 2.24) is 0 Å². The zero-order valence-corrected chi connectivity index (χ0v) is 41.3. The van der Waals surface area contributed by atoms with Gasteiger partial charge < -0.3 is 14.1 Å². The molecule has 0 atom stereocenters. The van der Waals surface area contributed by atoms with Crippen molar-refractivity contribution in [2.45, 2.75) is 150 Å². The molecule has 1 heterocycles. The van der Waals surface area contributed by atoms with Gasteiger partial charge >= 0.3 is 0 Å². The van der Waals surface area contributed by atoms with Gasteiger partial charge in [0, 0.05) is 22.0 Å². The van der Waals surface area contributed by atoms with E-state index in [2.05, 4.69) is 206 Å². The first-order chi connectivity index (χ1) is 29.3. The maximum atomic E-state index is 7.86. The molecule has 8 rings (SSSR count). The molecule has 0 N–H and O–H groups in total. The predicted molar refractivity (Wildman–Crippen MR) is 271 cm³/mol. The minimum atomic E-state index is -0.229. The Morgan fingerprint density at radius 3 is 1.67 bits per heavy atom. The van der Waals surface area contributed by atoms with Crippen LogP contribution in [-0.4, -0.2) is 0 Å². The lowest BCUT2D eigenvalue weighted by Crippen LogP contribution is -2.19. The third kappa shape index (κ3) is 8.68. The molecular weight excluding hydrogens is 790 g/mol. The number of halogens is 1. The Balaban J connectivity index is 1.41. The van der Waals surface area contributed by atoms with Crippen LogP contribution >= 0.6 is 11.6 Å². The van der Waals surface area contributed by atoms with Crippen LogP contribution in [0.25, 0.3) is 33.1 Å². The second-order valence-electron chi connectivity index (χ2n) is 23.2. The highest BCUT2D eigenvalue weighted by atomic mass is 35.5. The minimum Gasteiger partial charge on any atom is -0.452 e. The third-order valence-electron chi connectivity index (χ3n) is 13.1. The fraction of sp³-hybridized carbons (Fsp3) is 0.390. The van der Waals surface area contributed by atoms with Gasteiger partial charge in [-0.2, -0.15) is 0 Å². The predicted octanol–water partition coefficient (Wildman–Crippen LogP) is 18.1. The lowest BCUT2D eigenvalue weighted by atomic mass is 9.78. The summed E-state index contributed by atoms with van der Waals surface area (Å²) in [7, 11) is 0. The largest absolute Gasteiger partial charge is 0.452 e. The molecule has 0 unspecified atom stereocenters. The summed E-state index contributed by atoms with van der Waals surface area (Å²) >= 11 is 7.86. The summed E-state index contributed by atoms with van der Waals surface area (Å²) in [6.07, 6.45) is 3.29. The summed E-state index contributed by atoms with van der Waals surface area (Å²) in [5.74, 6) is 1.24. The van der Waals surface area contributed by atoms with Gasteiger partial charge in [-0.3, -0.25) is 0 Å². The smallest absolute Gasteiger partial charge is 0.177 e. The maximum Gasteiger partial charge on any atom is 0.177 e. The van der Waals surface area contributed by atoms with Gasteiger partial charge in [-0.1, -0.05) is 176 Å². The van der Waals surface area contributed by atoms with Crippen molar-refractivity contribution in [1.29, 1.82) is 0 Å². The van der Waals surface area contributed by atoms with Crippen LogP contribution in [0.3, 0.4) is 0 Å². The summed E-state index contributed by atoms with van der Waals surface area (Å²) < 4.78 is 13.8. The molecule has 63 heavy (non-hydrogen) atoms. The number of aryl methyl sites for hydroxylation is 2. The highest BCUT2D eigenvalue weighted by Crippen LogP contribution is 2.51. The van der Waals surface area contributed by atoms with Crippen molar-refractivity contribution in [3.05, 3.63) is 147 Å². The molecule has 0 bridgehead atoms. The monoisotopic (exact) mass is 857 g/mol. The molecule has 1 aromatic heterocycles. The molecule has 328 valence electrons. The molecule has 6 aromatic carbocycles. The molecule has 0 spiro atoms. The normalized spacial score (nSPS) is 13.8. The van der Waals surface area contributed by atoms with E-state index in [1.807, 2.05) is 6.07 Å². The van der Waals surface area contributed by atoms with Crippen molar-refractivity contribution in [3.63, 3.8) is 0 Å². The zero-order valence-electron chi connectivity index (χ0n) is 40.6. The number of rotatable bonds is 6. The van der Waals surface area contributed by atoms with Crippen LogP contribution in [0.4, 0.5) is 17.1 Å². The molecule has 0 fully saturated rings. The topological polar surface area (TPSA) is 25.6 Å². The fourth-order valence-corrected chi connectivity index (χ4v) is 9.18. The number of ether oxygens (including phenoxy) is 1. The van der Waals surface area contributed by atoms with Crippen LogP contribution in [0.2, 0.25) is 5.02 Å². The quantitative estimate of drug-likeness (QED) is 0.167. The standard InChI is InChI=1S/C59H68ClNO2/c1-55(2,3)38-23-26-43(27-24-38)61(48-29-25-39(56(4,5)6)33-47(48)37-30-40(57(7,8)9)32-41(31-37)58(10,11)12)49-34-42(59(13,14)15)35-51(52(49)60)62-50-21-17-20-45-46-28-22-36-18-16-19-44(36)53(46)63-54(45)50/h17,20-35H,16,18-19H2,1-15H3. The van der Waals surface area contributed by atoms with Crippen molar-refractivity contribution < 1.29 is 9.15 Å². The molecule has 0 saturated heterocycles. The van der Waals surface area contributed by atoms with E-state index in [4.69, 9.17) is 20.8 Å². The van der Waals surface area contributed by atoms with E-state index < -0.39 is 0 Å². The van der Waals surface area contributed by atoms with Crippen LogP contribution < -0.4 is 9.64 Å². The Kier molecular flexibility index (Phi) is 11.1. The van der Waals surface area contributed by atoms with Gasteiger partial charge in [0.25, 0.3) is 0 Å². The third-order valence-corrected chi connectivity index (χ3v) is 13.5. The summed E-state index contributed by atoms with van der Waals surface area (Å²) in [6.45, 7) is 34.3. The van der Waals surface area contributed by atoms with Gasteiger partial charge in [-0.05, 0) is 133 Å². The summed E-state index contributed by atoms with van der Waals surface area (Å²) in [4.78, 5) is 2.37. The van der Waals surface area contributed by atoms with Crippen LogP contribution in [0.5, 0.6) is 11.5 Å². The van der Waals surface area contributed by atoms with Crippen LogP contribution in [0, 0.1) is 0 Å². The number of benzene rings is 6. The molecule has 1 aliphatic rings. The lowest BCUT2D eigenvalue weighted by molar-refractivity contribution is 0.473. The van der Waals surface area contributed by atoms with Gasteiger partial charge in [-0.15, -0.1) is 0 Å². The summed E-state index contributed by atoms with van der Waals surface area (Å²) in [6, 6.07) is 38.4. The molecule has 0 radical (unpaired) electrons. The van der Waals surface area contributed by atoms with E-state index in [9.17, 15) is 0 Å². The minimum absolute atomic E-state index is 0.0117. The van der Waals surface area contributed by atoms with Crippen molar-refractivity contribution in [2.24, 2.45) is 0 Å². The van der Waals surface area contributed by atoms with Crippen molar-refractivity contribution in [3.8, 4) is 22.6 Å². The fourth-order valence-electron chi connectivity index (χ4n) is 8.94. The molecular formula is C59H68ClNO2. The van der Waals surface area contributed by atoms with E-state index in [1.165, 1.54) is 38.9 Å². The maximum absolute atomic E-state index is 7.86. The van der Waals surface area contributed by atoms with Crippen molar-refractivity contribution >= 4 is 50.6 Å². The second-order valence-corrected chi connectivity index (χ2v) is 23.6. The lowest BCUT2D eigenvalue weighted by Gasteiger charge is -2.33. The number of fused-ring (bicyclic) bond motifs is 5. The Hall–Kier alpha value is -4.99. The van der Waals surface area contributed by atoms with Crippen LogP contribution in [-0.2, 0) is 39.9 Å². The number of hydrogen-bond donors (Lipinski definition) is 0. The summed E-state index contributed by atoms with van der Waals surface area (Å²) in [5, 5.41) is 2.71. The van der Waals surface area contributed by atoms with E-state index in [0.29, 0.717) is 16.5 Å². The molecule has 7 aromatic rings. The Morgan fingerprint density at radius 1 is 0.492 bits per heavy atom. The first-order valence-corrected chi connectivity index (χ1v) is 23.4. The average Bonchev–Trinajstić information content (AvgIpc) is 3.83. The zero-order chi connectivity index (χ0) is 45.6. The van der Waals surface area contributed by atoms with Gasteiger partial charge in [0.2, 0.25) is 0 Å². The van der Waals surface area contributed by atoms with Gasteiger partial charge in [0.15, 0.2) is 11.3 Å². The Morgan fingerprint density at radius 2 is 1.06 bits per heavy atom. The molecule has 0 saturated carbocycles. The second kappa shape index (κ2) is 15.6. The van der Waals surface area contributed by atoms with Gasteiger partial charge in [0.05, 0.1) is 11.4 Å². The van der Waals surface area contributed by atoms with Crippen LogP contribution in [0.15, 0.2) is 108 Å². The first kappa shape index (κ1) is 44.6. The highest BCUT2D eigenvalue weighted by molar-refractivity contribution is 6.35. The van der Waals surface area contributed by atoms with E-state index in [-0.39, 0.29) is 27.1 Å². The van der Waals surface area contributed by atoms with Gasteiger partial charge in [-0.25, -0.2) is 0 Å². The SMILES string of the molecule is CC(C)(C)c1ccc(N(c2ccc(C(C)(C)C)cc2-c2cc(C(C)(C)C)cc(C(C)(C)C)c2)c2cc(C(C)(C)C)cc(Oc3cccc4c3oc3c5c(ccc34)CCC5)c2Cl)cc1.